The second-order valence-electron chi connectivity index (χ2n) is 9.36. The van der Waals surface area contributed by atoms with Crippen molar-refractivity contribution in [1.29, 1.82) is 0 Å². The summed E-state index contributed by atoms with van der Waals surface area (Å²) < 4.78 is 5.59. The zero-order valence-electron chi connectivity index (χ0n) is 19.4. The number of benzene rings is 3. The number of hydrogen-bond acceptors (Lipinski definition) is 5. The lowest BCUT2D eigenvalue weighted by Gasteiger charge is -2.40. The number of nitrogens with zero attached hydrogens (tertiary/aromatic N) is 1. The highest BCUT2D eigenvalue weighted by molar-refractivity contribution is 6.13. The van der Waals surface area contributed by atoms with Crippen LogP contribution in [-0.4, -0.2) is 41.8 Å². The molecule has 1 amide bonds. The quantitative estimate of drug-likeness (QED) is 0.466. The topological polar surface area (TPSA) is 75.7 Å². The maximum Gasteiger partial charge on any atom is 0.312 e. The molecule has 3 aliphatic rings. The van der Waals surface area contributed by atoms with Gasteiger partial charge in [-0.15, -0.1) is 0 Å². The molecule has 1 saturated heterocycles. The molecular formula is C29H26N2O4. The Hall–Kier alpha value is -3.77. The summed E-state index contributed by atoms with van der Waals surface area (Å²) in [6.07, 6.45) is 0.736. The third-order valence-electron chi connectivity index (χ3n) is 7.78. The molecule has 3 aromatic carbocycles. The summed E-state index contributed by atoms with van der Waals surface area (Å²) in [6, 6.07) is 23.3. The SMILES string of the molecule is CCOC(=O)[C@H]1[C@@H](C(=O)c2ccccc2)N2CCc3ccccc3[C@@H]2[C@]12C(=O)Nc1ccccc12. The van der Waals surface area contributed by atoms with E-state index in [0.717, 1.165) is 23.1 Å². The van der Waals surface area contributed by atoms with Gasteiger partial charge in [0.25, 0.3) is 0 Å². The van der Waals surface area contributed by atoms with Gasteiger partial charge in [0.2, 0.25) is 5.91 Å². The molecule has 6 nitrogen and oxygen atoms in total. The zero-order valence-corrected chi connectivity index (χ0v) is 19.4. The highest BCUT2D eigenvalue weighted by atomic mass is 16.5. The number of esters is 1. The van der Waals surface area contributed by atoms with Crippen molar-refractivity contribution in [3.05, 3.63) is 101 Å². The molecule has 3 heterocycles. The number of fused-ring (bicyclic) bond motifs is 6. The second-order valence-corrected chi connectivity index (χ2v) is 9.36. The molecule has 0 bridgehead atoms. The maximum absolute atomic E-state index is 14.1. The number of rotatable bonds is 4. The Morgan fingerprint density at radius 1 is 1.00 bits per heavy atom. The molecule has 1 spiro atoms. The van der Waals surface area contributed by atoms with E-state index >= 15 is 0 Å². The van der Waals surface area contributed by atoms with Crippen molar-refractivity contribution in [2.24, 2.45) is 5.92 Å². The van der Waals surface area contributed by atoms with Gasteiger partial charge in [-0.2, -0.15) is 0 Å². The Morgan fingerprint density at radius 3 is 2.51 bits per heavy atom. The van der Waals surface area contributed by atoms with E-state index in [1.54, 1.807) is 19.1 Å². The van der Waals surface area contributed by atoms with Gasteiger partial charge in [0, 0.05) is 17.8 Å². The Kier molecular flexibility index (Phi) is 5.07. The van der Waals surface area contributed by atoms with E-state index in [0.29, 0.717) is 17.8 Å². The van der Waals surface area contributed by atoms with Gasteiger partial charge in [-0.05, 0) is 36.1 Å². The molecule has 6 rings (SSSR count). The number of nitrogens with one attached hydrogen (secondary N) is 1. The average Bonchev–Trinajstić information content (AvgIpc) is 3.37. The predicted molar refractivity (Wildman–Crippen MR) is 131 cm³/mol. The van der Waals surface area contributed by atoms with E-state index in [2.05, 4.69) is 16.3 Å². The summed E-state index contributed by atoms with van der Waals surface area (Å²) in [5.41, 5.74) is 2.80. The molecule has 1 fully saturated rings. The number of carbonyl (C=O) groups is 3. The summed E-state index contributed by atoms with van der Waals surface area (Å²) in [5, 5.41) is 3.04. The van der Waals surface area contributed by atoms with Crippen LogP contribution in [0.4, 0.5) is 5.69 Å². The third-order valence-corrected chi connectivity index (χ3v) is 7.78. The van der Waals surface area contributed by atoms with Crippen molar-refractivity contribution in [3.63, 3.8) is 0 Å². The van der Waals surface area contributed by atoms with Crippen molar-refractivity contribution in [3.8, 4) is 0 Å². The van der Waals surface area contributed by atoms with E-state index in [1.807, 2.05) is 60.7 Å². The normalized spacial score (nSPS) is 26.5. The van der Waals surface area contributed by atoms with Gasteiger partial charge in [0.05, 0.1) is 18.7 Å². The number of carbonyl (C=O) groups excluding carboxylic acids is 3. The van der Waals surface area contributed by atoms with E-state index in [-0.39, 0.29) is 18.3 Å². The summed E-state index contributed by atoms with van der Waals surface area (Å²) >= 11 is 0. The van der Waals surface area contributed by atoms with Gasteiger partial charge in [0.1, 0.15) is 11.3 Å². The van der Waals surface area contributed by atoms with Gasteiger partial charge < -0.3 is 10.1 Å². The molecule has 0 unspecified atom stereocenters. The van der Waals surface area contributed by atoms with Crippen LogP contribution in [0.1, 0.15) is 40.0 Å². The first-order chi connectivity index (χ1) is 17.1. The van der Waals surface area contributed by atoms with Crippen LogP contribution in [-0.2, 0) is 26.2 Å². The monoisotopic (exact) mass is 466 g/mol. The molecule has 3 aromatic rings. The minimum atomic E-state index is -1.28. The Balaban J connectivity index is 1.65. The number of para-hydroxylation sites is 1. The summed E-state index contributed by atoms with van der Waals surface area (Å²) in [6.45, 7) is 2.49. The number of amides is 1. The maximum atomic E-state index is 14.1. The minimum absolute atomic E-state index is 0.165. The number of Topliss-reactive ketones (excluding diaryl/α,β-unsaturated/α-hetero) is 1. The molecule has 0 aliphatic carbocycles. The van der Waals surface area contributed by atoms with E-state index in [9.17, 15) is 14.4 Å². The lowest BCUT2D eigenvalue weighted by molar-refractivity contribution is -0.152. The van der Waals surface area contributed by atoms with Gasteiger partial charge in [0.15, 0.2) is 5.78 Å². The van der Waals surface area contributed by atoms with Crippen LogP contribution in [0.3, 0.4) is 0 Å². The first-order valence-electron chi connectivity index (χ1n) is 12.1. The van der Waals surface area contributed by atoms with Crippen LogP contribution in [0.25, 0.3) is 0 Å². The van der Waals surface area contributed by atoms with Crippen LogP contribution in [0.5, 0.6) is 0 Å². The van der Waals surface area contributed by atoms with Crippen molar-refractivity contribution in [2.45, 2.75) is 30.8 Å². The van der Waals surface area contributed by atoms with Crippen molar-refractivity contribution >= 4 is 23.3 Å². The van der Waals surface area contributed by atoms with E-state index in [1.165, 1.54) is 0 Å². The molecule has 1 N–H and O–H groups in total. The van der Waals surface area contributed by atoms with Gasteiger partial charge >= 0.3 is 5.97 Å². The third kappa shape index (κ3) is 2.96. The highest BCUT2D eigenvalue weighted by Crippen LogP contribution is 2.61. The fraction of sp³-hybridized carbons (Fsp3) is 0.276. The Bertz CT molecular complexity index is 1340. The van der Waals surface area contributed by atoms with Crippen LogP contribution in [0, 0.1) is 5.92 Å². The van der Waals surface area contributed by atoms with Crippen molar-refractivity contribution in [1.82, 2.24) is 4.90 Å². The number of hydrogen-bond donors (Lipinski definition) is 1. The average molecular weight is 467 g/mol. The van der Waals surface area contributed by atoms with Gasteiger partial charge in [-0.1, -0.05) is 72.8 Å². The van der Waals surface area contributed by atoms with Crippen LogP contribution in [0.15, 0.2) is 78.9 Å². The van der Waals surface area contributed by atoms with Gasteiger partial charge in [-0.25, -0.2) is 0 Å². The van der Waals surface area contributed by atoms with Crippen LogP contribution < -0.4 is 5.32 Å². The molecule has 3 aliphatic heterocycles. The lowest BCUT2D eigenvalue weighted by atomic mass is 9.64. The summed E-state index contributed by atoms with van der Waals surface area (Å²) in [4.78, 5) is 44.1. The molecule has 35 heavy (non-hydrogen) atoms. The van der Waals surface area contributed by atoms with E-state index in [4.69, 9.17) is 4.74 Å². The summed E-state index contributed by atoms with van der Waals surface area (Å²) in [5.74, 6) is -1.93. The van der Waals surface area contributed by atoms with Crippen LogP contribution in [0.2, 0.25) is 0 Å². The zero-order chi connectivity index (χ0) is 24.2. The van der Waals surface area contributed by atoms with Crippen molar-refractivity contribution < 1.29 is 19.1 Å². The Morgan fingerprint density at radius 2 is 1.71 bits per heavy atom. The smallest absolute Gasteiger partial charge is 0.312 e. The lowest BCUT2D eigenvalue weighted by Crippen LogP contribution is -2.49. The Labute approximate surface area is 203 Å². The standard InChI is InChI=1S/C29H26N2O4/c1-2-35-27(33)23-24(25(32)19-11-4-3-5-12-19)31-17-16-18-10-6-7-13-20(18)26(31)29(23)21-14-8-9-15-22(21)30-28(29)34/h3-15,23-24,26H,2,16-17H2,1H3,(H,30,34)/t23-,24+,26-,29-/m1/s1. The first-order valence-corrected chi connectivity index (χ1v) is 12.1. The van der Waals surface area contributed by atoms with Crippen molar-refractivity contribution in [2.75, 3.05) is 18.5 Å². The van der Waals surface area contributed by atoms with E-state index < -0.39 is 29.4 Å². The molecule has 4 atom stereocenters. The molecule has 0 radical (unpaired) electrons. The fourth-order valence-electron chi connectivity index (χ4n) is 6.51. The molecule has 6 heteroatoms. The second kappa shape index (κ2) is 8.17. The summed E-state index contributed by atoms with van der Waals surface area (Å²) in [7, 11) is 0. The molecule has 176 valence electrons. The predicted octanol–water partition coefficient (Wildman–Crippen LogP) is 3.92. The fourth-order valence-corrected chi connectivity index (χ4v) is 6.51. The number of ether oxygens (including phenoxy) is 1. The number of anilines is 1. The molecule has 0 aromatic heterocycles. The molecular weight excluding hydrogens is 440 g/mol. The number of ketones is 1. The minimum Gasteiger partial charge on any atom is -0.466 e. The largest absolute Gasteiger partial charge is 0.466 e. The first kappa shape index (κ1) is 21.7. The van der Waals surface area contributed by atoms with Crippen LogP contribution >= 0.6 is 0 Å². The highest BCUT2D eigenvalue weighted by Gasteiger charge is 2.71. The molecule has 0 saturated carbocycles. The van der Waals surface area contributed by atoms with Gasteiger partial charge in [-0.3, -0.25) is 19.3 Å².